The van der Waals surface area contributed by atoms with Gasteiger partial charge in [-0.1, -0.05) is 6.92 Å². The monoisotopic (exact) mass is 162 g/mol. The molecular formula is C8H18O3. The molecule has 0 spiro atoms. The van der Waals surface area contributed by atoms with E-state index in [4.69, 9.17) is 14.9 Å². The van der Waals surface area contributed by atoms with Crippen molar-refractivity contribution in [1.82, 2.24) is 0 Å². The van der Waals surface area contributed by atoms with Gasteiger partial charge in [0.2, 0.25) is 0 Å². The summed E-state index contributed by atoms with van der Waals surface area (Å²) in [5.41, 5.74) is 0. The summed E-state index contributed by atoms with van der Waals surface area (Å²) in [6, 6.07) is 0. The van der Waals surface area contributed by atoms with E-state index in [2.05, 4.69) is 6.92 Å². The van der Waals surface area contributed by atoms with E-state index in [1.54, 1.807) is 0 Å². The van der Waals surface area contributed by atoms with Crippen molar-refractivity contribution in [2.75, 3.05) is 13.7 Å². The molecule has 0 aliphatic carbocycles. The molecule has 1 aliphatic heterocycles. The van der Waals surface area contributed by atoms with Crippen LogP contribution in [0.15, 0.2) is 0 Å². The van der Waals surface area contributed by atoms with Crippen LogP contribution in [0.2, 0.25) is 0 Å². The first kappa shape index (κ1) is 10.9. The maximum absolute atomic E-state index is 8.73. The first-order valence-corrected chi connectivity index (χ1v) is 3.95. The van der Waals surface area contributed by atoms with Crippen LogP contribution < -0.4 is 0 Å². The highest BCUT2D eigenvalue weighted by Crippen LogP contribution is 2.24. The van der Waals surface area contributed by atoms with Gasteiger partial charge in [-0.05, 0) is 19.3 Å². The Morgan fingerprint density at radius 1 is 1.36 bits per heavy atom. The van der Waals surface area contributed by atoms with Gasteiger partial charge in [0.15, 0.2) is 0 Å². The minimum atomic E-state index is 0.0972. The zero-order chi connectivity index (χ0) is 8.85. The molecule has 3 nitrogen and oxygen atoms in total. The van der Waals surface area contributed by atoms with Crippen LogP contribution in [0.1, 0.15) is 20.3 Å². The minimum Gasteiger partial charge on any atom is -0.400 e. The van der Waals surface area contributed by atoms with Crippen molar-refractivity contribution in [3.8, 4) is 0 Å². The summed E-state index contributed by atoms with van der Waals surface area (Å²) in [6.45, 7) is 4.34. The lowest BCUT2D eigenvalue weighted by molar-refractivity contribution is 0.00884. The standard InChI is InChI=1S/C7H14O2.CH4O/c1-5-3-6(2)9-7(5)4-8;1-2/h5-8H,3-4H2,1-2H3;2H,1H3/t5-,6?,7?;/m0./s1. The van der Waals surface area contributed by atoms with E-state index >= 15 is 0 Å². The van der Waals surface area contributed by atoms with E-state index in [1.165, 1.54) is 0 Å². The van der Waals surface area contributed by atoms with Gasteiger partial charge in [0.05, 0.1) is 18.8 Å². The van der Waals surface area contributed by atoms with Crippen LogP contribution in [0.4, 0.5) is 0 Å². The zero-order valence-electron chi connectivity index (χ0n) is 7.45. The third-order valence-corrected chi connectivity index (χ3v) is 1.93. The first-order valence-electron chi connectivity index (χ1n) is 3.95. The van der Waals surface area contributed by atoms with Crippen molar-refractivity contribution in [3.63, 3.8) is 0 Å². The third-order valence-electron chi connectivity index (χ3n) is 1.93. The van der Waals surface area contributed by atoms with E-state index in [9.17, 15) is 0 Å². The van der Waals surface area contributed by atoms with Gasteiger partial charge in [-0.25, -0.2) is 0 Å². The summed E-state index contributed by atoms with van der Waals surface area (Å²) in [5, 5.41) is 15.7. The summed E-state index contributed by atoms with van der Waals surface area (Å²) < 4.78 is 5.37. The molecule has 68 valence electrons. The molecule has 0 radical (unpaired) electrons. The molecule has 0 aromatic rings. The molecule has 1 saturated heterocycles. The third kappa shape index (κ3) is 3.18. The quantitative estimate of drug-likeness (QED) is 0.587. The molecule has 1 aliphatic rings. The molecule has 0 aromatic carbocycles. The lowest BCUT2D eigenvalue weighted by Gasteiger charge is -2.09. The van der Waals surface area contributed by atoms with Gasteiger partial charge in [-0.15, -0.1) is 0 Å². The number of ether oxygens (including phenoxy) is 1. The average molecular weight is 162 g/mol. The van der Waals surface area contributed by atoms with E-state index in [0.717, 1.165) is 13.5 Å². The van der Waals surface area contributed by atoms with Gasteiger partial charge in [0.25, 0.3) is 0 Å². The molecule has 11 heavy (non-hydrogen) atoms. The van der Waals surface area contributed by atoms with Crippen molar-refractivity contribution in [1.29, 1.82) is 0 Å². The second-order valence-electron chi connectivity index (χ2n) is 2.88. The second-order valence-corrected chi connectivity index (χ2v) is 2.88. The van der Waals surface area contributed by atoms with E-state index in [1.807, 2.05) is 6.92 Å². The molecular weight excluding hydrogens is 144 g/mol. The van der Waals surface area contributed by atoms with E-state index in [-0.39, 0.29) is 12.7 Å². The van der Waals surface area contributed by atoms with Gasteiger partial charge in [0, 0.05) is 7.11 Å². The van der Waals surface area contributed by atoms with Crippen molar-refractivity contribution in [3.05, 3.63) is 0 Å². The predicted octanol–water partition coefficient (Wildman–Crippen LogP) is 0.401. The molecule has 2 N–H and O–H groups in total. The van der Waals surface area contributed by atoms with Crippen molar-refractivity contribution >= 4 is 0 Å². The predicted molar refractivity (Wildman–Crippen MR) is 43.3 cm³/mol. The largest absolute Gasteiger partial charge is 0.400 e. The Kier molecular flexibility index (Phi) is 5.46. The summed E-state index contributed by atoms with van der Waals surface area (Å²) in [6.07, 6.45) is 1.53. The van der Waals surface area contributed by atoms with Gasteiger partial charge < -0.3 is 14.9 Å². The molecule has 2 unspecified atom stereocenters. The van der Waals surface area contributed by atoms with Crippen molar-refractivity contribution in [2.24, 2.45) is 5.92 Å². The maximum atomic E-state index is 8.73. The number of aliphatic hydroxyl groups excluding tert-OH is 2. The highest BCUT2D eigenvalue weighted by atomic mass is 16.5. The van der Waals surface area contributed by atoms with Crippen LogP contribution in [0.3, 0.4) is 0 Å². The molecule has 0 aromatic heterocycles. The average Bonchev–Trinajstić information content (AvgIpc) is 2.33. The van der Waals surface area contributed by atoms with Gasteiger partial charge in [-0.3, -0.25) is 0 Å². The molecule has 0 amide bonds. The molecule has 0 saturated carbocycles. The van der Waals surface area contributed by atoms with E-state index < -0.39 is 0 Å². The molecule has 3 heteroatoms. The summed E-state index contributed by atoms with van der Waals surface area (Å²) in [4.78, 5) is 0. The topological polar surface area (TPSA) is 49.7 Å². The number of hydrogen-bond acceptors (Lipinski definition) is 3. The SMILES string of the molecule is CC1C[C@H](C)C(CO)O1.CO. The fraction of sp³-hybridized carbons (Fsp3) is 1.00. The number of aliphatic hydroxyl groups is 2. The summed E-state index contributed by atoms with van der Waals surface area (Å²) in [7, 11) is 1.00. The molecule has 1 heterocycles. The Bertz CT molecular complexity index is 95.3. The van der Waals surface area contributed by atoms with E-state index in [0.29, 0.717) is 12.0 Å². The lowest BCUT2D eigenvalue weighted by Crippen LogP contribution is -2.18. The Morgan fingerprint density at radius 2 is 1.91 bits per heavy atom. The van der Waals surface area contributed by atoms with Gasteiger partial charge >= 0.3 is 0 Å². The van der Waals surface area contributed by atoms with Crippen LogP contribution in [-0.4, -0.2) is 36.1 Å². The fourth-order valence-corrected chi connectivity index (χ4v) is 1.39. The second kappa shape index (κ2) is 5.52. The minimum absolute atomic E-state index is 0.0972. The summed E-state index contributed by atoms with van der Waals surface area (Å²) in [5.74, 6) is 0.532. The maximum Gasteiger partial charge on any atom is 0.0835 e. The number of hydrogen-bond donors (Lipinski definition) is 2. The highest BCUT2D eigenvalue weighted by Gasteiger charge is 2.28. The van der Waals surface area contributed by atoms with Crippen LogP contribution in [0.25, 0.3) is 0 Å². The Labute approximate surface area is 68.0 Å². The highest BCUT2D eigenvalue weighted by molar-refractivity contribution is 4.76. The molecule has 1 rings (SSSR count). The van der Waals surface area contributed by atoms with Crippen LogP contribution in [0.5, 0.6) is 0 Å². The smallest absolute Gasteiger partial charge is 0.0835 e. The zero-order valence-corrected chi connectivity index (χ0v) is 7.45. The van der Waals surface area contributed by atoms with Crippen LogP contribution >= 0.6 is 0 Å². The lowest BCUT2D eigenvalue weighted by atomic mass is 10.0. The Balaban J connectivity index is 0.000000461. The molecule has 0 bridgehead atoms. The Morgan fingerprint density at radius 3 is 2.09 bits per heavy atom. The Hall–Kier alpha value is -0.120. The molecule has 3 atom stereocenters. The van der Waals surface area contributed by atoms with Crippen molar-refractivity contribution in [2.45, 2.75) is 32.5 Å². The number of rotatable bonds is 1. The molecule has 1 fully saturated rings. The van der Waals surface area contributed by atoms with Crippen LogP contribution in [0, 0.1) is 5.92 Å². The van der Waals surface area contributed by atoms with Crippen LogP contribution in [-0.2, 0) is 4.74 Å². The normalized spacial score (nSPS) is 36.3. The van der Waals surface area contributed by atoms with Crippen molar-refractivity contribution < 1.29 is 14.9 Å². The fourth-order valence-electron chi connectivity index (χ4n) is 1.39. The first-order chi connectivity index (χ1) is 5.24. The summed E-state index contributed by atoms with van der Waals surface area (Å²) >= 11 is 0. The van der Waals surface area contributed by atoms with Gasteiger partial charge in [0.1, 0.15) is 0 Å². The van der Waals surface area contributed by atoms with Gasteiger partial charge in [-0.2, -0.15) is 0 Å².